The van der Waals surface area contributed by atoms with Gasteiger partial charge in [0.2, 0.25) is 0 Å². The number of rotatable bonds is 6. The molecule has 134 valence electrons. The summed E-state index contributed by atoms with van der Waals surface area (Å²) in [4.78, 5) is 2.41. The zero-order valence-corrected chi connectivity index (χ0v) is 14.6. The van der Waals surface area contributed by atoms with Crippen LogP contribution in [-0.4, -0.2) is 67.6 Å². The average molecular weight is 334 g/mol. The summed E-state index contributed by atoms with van der Waals surface area (Å²) in [6.45, 7) is 7.63. The van der Waals surface area contributed by atoms with Gasteiger partial charge in [-0.2, -0.15) is 0 Å². The highest BCUT2D eigenvalue weighted by Gasteiger charge is 2.33. The Bertz CT molecular complexity index is 505. The minimum atomic E-state index is -0.456. The molecule has 1 heterocycles. The molecular formula is C19H30N2O3. The molecule has 1 aromatic carbocycles. The number of para-hydroxylation sites is 1. The van der Waals surface area contributed by atoms with Crippen LogP contribution in [0.3, 0.4) is 0 Å². The highest BCUT2D eigenvalue weighted by atomic mass is 16.5. The van der Waals surface area contributed by atoms with Crippen LogP contribution in [0.4, 0.5) is 0 Å². The number of morpholine rings is 1. The summed E-state index contributed by atoms with van der Waals surface area (Å²) in [6.07, 6.45) is 2.43. The third-order valence-electron chi connectivity index (χ3n) is 5.11. The van der Waals surface area contributed by atoms with Crippen molar-refractivity contribution in [2.24, 2.45) is 0 Å². The number of aryl methyl sites for hydroxylation is 1. The van der Waals surface area contributed by atoms with Crippen LogP contribution in [0.15, 0.2) is 24.3 Å². The van der Waals surface area contributed by atoms with E-state index in [1.807, 2.05) is 31.2 Å². The molecule has 3 atom stereocenters. The van der Waals surface area contributed by atoms with Crippen molar-refractivity contribution in [3.8, 4) is 5.75 Å². The van der Waals surface area contributed by atoms with Crippen molar-refractivity contribution in [1.82, 2.24) is 10.2 Å². The van der Waals surface area contributed by atoms with Crippen molar-refractivity contribution in [2.45, 2.75) is 44.4 Å². The van der Waals surface area contributed by atoms with E-state index >= 15 is 0 Å². The molecule has 1 aromatic rings. The maximum absolute atomic E-state index is 10.7. The first-order valence-electron chi connectivity index (χ1n) is 9.18. The van der Waals surface area contributed by atoms with Crippen molar-refractivity contribution in [3.05, 3.63) is 29.8 Å². The largest absolute Gasteiger partial charge is 0.487 e. The molecule has 2 fully saturated rings. The van der Waals surface area contributed by atoms with Gasteiger partial charge in [-0.15, -0.1) is 0 Å². The summed E-state index contributed by atoms with van der Waals surface area (Å²) in [7, 11) is 0. The van der Waals surface area contributed by atoms with Gasteiger partial charge in [0.1, 0.15) is 18.0 Å². The second-order valence-corrected chi connectivity index (χ2v) is 6.86. The standard InChI is InChI=1S/C19H30N2O3/c1-15-5-2-3-7-17(15)24-18-8-4-6-16(19(18)22)20-9-10-21-11-13-23-14-12-21/h2-3,5,7,16,18-20,22H,4,6,8-14H2,1H3/t16-,18+,19+/m0/s1. The van der Waals surface area contributed by atoms with Crippen molar-refractivity contribution in [2.75, 3.05) is 39.4 Å². The van der Waals surface area contributed by atoms with Crippen LogP contribution in [0, 0.1) is 6.92 Å². The minimum absolute atomic E-state index is 0.119. The summed E-state index contributed by atoms with van der Waals surface area (Å²) < 4.78 is 11.5. The fourth-order valence-corrected chi connectivity index (χ4v) is 3.58. The second kappa shape index (κ2) is 8.81. The van der Waals surface area contributed by atoms with E-state index in [0.29, 0.717) is 0 Å². The Labute approximate surface area is 144 Å². The van der Waals surface area contributed by atoms with Gasteiger partial charge in [0, 0.05) is 32.2 Å². The fourth-order valence-electron chi connectivity index (χ4n) is 3.58. The zero-order chi connectivity index (χ0) is 16.8. The van der Waals surface area contributed by atoms with Crippen LogP contribution in [0.25, 0.3) is 0 Å². The van der Waals surface area contributed by atoms with E-state index in [4.69, 9.17) is 9.47 Å². The van der Waals surface area contributed by atoms with Crippen molar-refractivity contribution in [1.29, 1.82) is 0 Å². The van der Waals surface area contributed by atoms with Crippen LogP contribution >= 0.6 is 0 Å². The first-order valence-corrected chi connectivity index (χ1v) is 9.18. The molecule has 5 nitrogen and oxygen atoms in total. The summed E-state index contributed by atoms with van der Waals surface area (Å²) in [5, 5.41) is 14.2. The van der Waals surface area contributed by atoms with E-state index in [-0.39, 0.29) is 12.1 Å². The van der Waals surface area contributed by atoms with Gasteiger partial charge in [-0.25, -0.2) is 0 Å². The predicted octanol–water partition coefficient (Wildman–Crippen LogP) is 1.58. The molecule has 1 aliphatic carbocycles. The zero-order valence-electron chi connectivity index (χ0n) is 14.6. The maximum Gasteiger partial charge on any atom is 0.126 e. The topological polar surface area (TPSA) is 54.0 Å². The lowest BCUT2D eigenvalue weighted by Gasteiger charge is -2.36. The van der Waals surface area contributed by atoms with Gasteiger partial charge in [-0.3, -0.25) is 4.90 Å². The highest BCUT2D eigenvalue weighted by Crippen LogP contribution is 2.26. The average Bonchev–Trinajstić information content (AvgIpc) is 2.61. The number of hydrogen-bond acceptors (Lipinski definition) is 5. The number of aliphatic hydroxyl groups excluding tert-OH is 1. The van der Waals surface area contributed by atoms with Gasteiger partial charge >= 0.3 is 0 Å². The molecule has 0 unspecified atom stereocenters. The Balaban J connectivity index is 1.47. The monoisotopic (exact) mass is 334 g/mol. The molecule has 0 aromatic heterocycles. The van der Waals surface area contributed by atoms with Gasteiger partial charge < -0.3 is 19.9 Å². The molecule has 5 heteroatoms. The smallest absolute Gasteiger partial charge is 0.126 e. The number of hydrogen-bond donors (Lipinski definition) is 2. The Morgan fingerprint density at radius 3 is 2.83 bits per heavy atom. The Morgan fingerprint density at radius 2 is 2.04 bits per heavy atom. The summed E-state index contributed by atoms with van der Waals surface area (Å²) in [6, 6.07) is 8.14. The minimum Gasteiger partial charge on any atom is -0.487 e. The fraction of sp³-hybridized carbons (Fsp3) is 0.684. The Kier molecular flexibility index (Phi) is 6.49. The SMILES string of the molecule is Cc1ccccc1O[C@@H]1CCC[C@H](NCCN2CCOCC2)[C@H]1O. The highest BCUT2D eigenvalue weighted by molar-refractivity contribution is 5.32. The van der Waals surface area contributed by atoms with E-state index in [0.717, 1.165) is 70.0 Å². The third kappa shape index (κ3) is 4.70. The molecule has 1 saturated carbocycles. The molecule has 2 aliphatic rings. The molecule has 3 rings (SSSR count). The van der Waals surface area contributed by atoms with Crippen molar-refractivity contribution >= 4 is 0 Å². The quantitative estimate of drug-likeness (QED) is 0.827. The van der Waals surface area contributed by atoms with Gasteiger partial charge in [0.05, 0.1) is 13.2 Å². The first-order chi connectivity index (χ1) is 11.7. The molecular weight excluding hydrogens is 304 g/mol. The number of aliphatic hydroxyl groups is 1. The normalized spacial score (nSPS) is 28.7. The maximum atomic E-state index is 10.7. The van der Waals surface area contributed by atoms with Crippen molar-refractivity contribution in [3.63, 3.8) is 0 Å². The molecule has 1 saturated heterocycles. The van der Waals surface area contributed by atoms with Crippen LogP contribution in [0.5, 0.6) is 5.75 Å². The van der Waals surface area contributed by atoms with Crippen LogP contribution in [-0.2, 0) is 4.74 Å². The van der Waals surface area contributed by atoms with E-state index in [1.165, 1.54) is 0 Å². The van der Waals surface area contributed by atoms with Gasteiger partial charge in [-0.1, -0.05) is 18.2 Å². The second-order valence-electron chi connectivity index (χ2n) is 6.86. The molecule has 0 radical (unpaired) electrons. The first kappa shape index (κ1) is 17.7. The molecule has 2 N–H and O–H groups in total. The van der Waals surface area contributed by atoms with E-state index in [9.17, 15) is 5.11 Å². The summed E-state index contributed by atoms with van der Waals surface area (Å²) in [5.41, 5.74) is 1.12. The summed E-state index contributed by atoms with van der Waals surface area (Å²) >= 11 is 0. The van der Waals surface area contributed by atoms with E-state index in [2.05, 4.69) is 10.2 Å². The van der Waals surface area contributed by atoms with Gasteiger partial charge in [0.25, 0.3) is 0 Å². The number of nitrogens with one attached hydrogen (secondary N) is 1. The lowest BCUT2D eigenvalue weighted by atomic mass is 9.89. The van der Waals surface area contributed by atoms with Gasteiger partial charge in [-0.05, 0) is 37.8 Å². The molecule has 0 amide bonds. The molecule has 24 heavy (non-hydrogen) atoms. The lowest BCUT2D eigenvalue weighted by molar-refractivity contribution is -0.0169. The van der Waals surface area contributed by atoms with Crippen LogP contribution < -0.4 is 10.1 Å². The number of ether oxygens (including phenoxy) is 2. The third-order valence-corrected chi connectivity index (χ3v) is 5.11. The molecule has 0 spiro atoms. The van der Waals surface area contributed by atoms with E-state index in [1.54, 1.807) is 0 Å². The summed E-state index contributed by atoms with van der Waals surface area (Å²) in [5.74, 6) is 0.885. The Morgan fingerprint density at radius 1 is 1.25 bits per heavy atom. The Hall–Kier alpha value is -1.14. The molecule has 1 aliphatic heterocycles. The van der Waals surface area contributed by atoms with Crippen molar-refractivity contribution < 1.29 is 14.6 Å². The van der Waals surface area contributed by atoms with Gasteiger partial charge in [0.15, 0.2) is 0 Å². The number of nitrogens with zero attached hydrogens (tertiary/aromatic N) is 1. The van der Waals surface area contributed by atoms with Crippen LogP contribution in [0.2, 0.25) is 0 Å². The predicted molar refractivity (Wildman–Crippen MR) is 94.5 cm³/mol. The van der Waals surface area contributed by atoms with Crippen LogP contribution in [0.1, 0.15) is 24.8 Å². The number of benzene rings is 1. The molecule has 0 bridgehead atoms. The van der Waals surface area contributed by atoms with E-state index < -0.39 is 6.10 Å². The lowest BCUT2D eigenvalue weighted by Crippen LogP contribution is -2.52.